The van der Waals surface area contributed by atoms with E-state index in [1.807, 2.05) is 26.8 Å². The van der Waals surface area contributed by atoms with E-state index in [1.54, 1.807) is 0 Å². The maximum atomic E-state index is 13.3. The molecule has 2 N–H and O–H groups in total. The normalized spacial score (nSPS) is 42.3. The predicted molar refractivity (Wildman–Crippen MR) is 123 cm³/mol. The molecular weight excluding hydrogens is 420 g/mol. The van der Waals surface area contributed by atoms with Gasteiger partial charge in [0.1, 0.15) is 5.60 Å². The third-order valence-electron chi connectivity index (χ3n) is 10.2. The van der Waals surface area contributed by atoms with Gasteiger partial charge in [0.25, 0.3) is 0 Å². The van der Waals surface area contributed by atoms with Gasteiger partial charge in [-0.3, -0.25) is 14.4 Å². The molecule has 0 spiro atoms. The highest BCUT2D eigenvalue weighted by atomic mass is 16.5. The number of hydrogen-bond donors (Lipinski definition) is 2. The van der Waals surface area contributed by atoms with Crippen LogP contribution in [0.15, 0.2) is 11.6 Å². The second-order valence-corrected chi connectivity index (χ2v) is 11.5. The largest absolute Gasteiger partial charge is 0.457 e. The van der Waals surface area contributed by atoms with Gasteiger partial charge in [0.2, 0.25) is 5.78 Å². The second kappa shape index (κ2) is 8.60. The van der Waals surface area contributed by atoms with Crippen LogP contribution in [-0.4, -0.2) is 46.1 Å². The maximum Gasteiger partial charge on any atom is 0.309 e. The van der Waals surface area contributed by atoms with E-state index in [-0.39, 0.29) is 40.8 Å². The number of aliphatic hydroxyl groups is 2. The van der Waals surface area contributed by atoms with E-state index in [0.29, 0.717) is 32.1 Å². The summed E-state index contributed by atoms with van der Waals surface area (Å²) in [4.78, 5) is 37.6. The number of esters is 1. The van der Waals surface area contributed by atoms with Crippen molar-refractivity contribution >= 4 is 17.5 Å². The van der Waals surface area contributed by atoms with Gasteiger partial charge < -0.3 is 14.9 Å². The highest BCUT2D eigenvalue weighted by molar-refractivity contribution is 5.92. The molecule has 7 atom stereocenters. The molecule has 6 heteroatoms. The summed E-state index contributed by atoms with van der Waals surface area (Å²) in [6.45, 7) is 7.56. The Morgan fingerprint density at radius 1 is 1.15 bits per heavy atom. The van der Waals surface area contributed by atoms with Gasteiger partial charge in [-0.25, -0.2) is 0 Å². The number of ether oxygens (including phenoxy) is 1. The molecule has 0 saturated heterocycles. The summed E-state index contributed by atoms with van der Waals surface area (Å²) in [7, 11) is 0. The van der Waals surface area contributed by atoms with Gasteiger partial charge in [-0.1, -0.05) is 33.3 Å². The topological polar surface area (TPSA) is 101 Å². The smallest absolute Gasteiger partial charge is 0.309 e. The van der Waals surface area contributed by atoms with Crippen LogP contribution < -0.4 is 0 Å². The maximum absolute atomic E-state index is 13.3. The first-order valence-electron chi connectivity index (χ1n) is 12.9. The number of fused-ring (bicyclic) bond motifs is 5. The van der Waals surface area contributed by atoms with Crippen LogP contribution in [0.25, 0.3) is 0 Å². The Morgan fingerprint density at radius 2 is 1.85 bits per heavy atom. The summed E-state index contributed by atoms with van der Waals surface area (Å²) in [6, 6.07) is 0. The molecule has 4 aliphatic rings. The highest BCUT2D eigenvalue weighted by Crippen LogP contribution is 2.67. The third kappa shape index (κ3) is 3.63. The van der Waals surface area contributed by atoms with Crippen molar-refractivity contribution in [3.63, 3.8) is 0 Å². The van der Waals surface area contributed by atoms with Crippen molar-refractivity contribution in [1.29, 1.82) is 0 Å². The number of carbonyl (C=O) groups excluding carboxylic acids is 3. The lowest BCUT2D eigenvalue weighted by Crippen LogP contribution is -2.62. The lowest BCUT2D eigenvalue weighted by atomic mass is 9.45. The van der Waals surface area contributed by atoms with Crippen molar-refractivity contribution in [2.24, 2.45) is 34.5 Å². The predicted octanol–water partition coefficient (Wildman–Crippen LogP) is 3.77. The Labute approximate surface area is 197 Å². The van der Waals surface area contributed by atoms with E-state index in [1.165, 1.54) is 5.57 Å². The van der Waals surface area contributed by atoms with Gasteiger partial charge in [-0.2, -0.15) is 0 Å². The molecule has 4 rings (SSSR count). The van der Waals surface area contributed by atoms with E-state index < -0.39 is 29.5 Å². The van der Waals surface area contributed by atoms with Crippen LogP contribution in [0.5, 0.6) is 0 Å². The van der Waals surface area contributed by atoms with Crippen LogP contribution in [0.3, 0.4) is 0 Å². The van der Waals surface area contributed by atoms with Gasteiger partial charge in [0, 0.05) is 11.8 Å². The van der Waals surface area contributed by atoms with Crippen LogP contribution in [-0.2, 0) is 19.1 Å². The molecule has 184 valence electrons. The van der Waals surface area contributed by atoms with Crippen molar-refractivity contribution < 1.29 is 29.3 Å². The van der Waals surface area contributed by atoms with Crippen LogP contribution in [0.1, 0.15) is 85.5 Å². The van der Waals surface area contributed by atoms with Crippen LogP contribution in [0.4, 0.5) is 0 Å². The Morgan fingerprint density at radius 3 is 2.52 bits per heavy atom. The molecule has 6 nitrogen and oxygen atoms in total. The van der Waals surface area contributed by atoms with Crippen LogP contribution in [0.2, 0.25) is 0 Å². The van der Waals surface area contributed by atoms with Crippen molar-refractivity contribution in [1.82, 2.24) is 0 Å². The molecule has 0 aromatic rings. The molecule has 3 fully saturated rings. The fourth-order valence-electron chi connectivity index (χ4n) is 8.15. The van der Waals surface area contributed by atoms with E-state index in [0.717, 1.165) is 25.7 Å². The zero-order valence-corrected chi connectivity index (χ0v) is 20.6. The van der Waals surface area contributed by atoms with Crippen molar-refractivity contribution in [2.75, 3.05) is 6.61 Å². The summed E-state index contributed by atoms with van der Waals surface area (Å²) in [5.74, 6) is -0.526. The van der Waals surface area contributed by atoms with E-state index in [4.69, 9.17) is 4.74 Å². The molecule has 0 heterocycles. The van der Waals surface area contributed by atoms with Crippen LogP contribution in [0, 0.1) is 34.5 Å². The summed E-state index contributed by atoms with van der Waals surface area (Å²) < 4.78 is 5.33. The number of allylic oxidation sites excluding steroid dienone is 1. The molecule has 0 bridgehead atoms. The second-order valence-electron chi connectivity index (χ2n) is 11.5. The van der Waals surface area contributed by atoms with Crippen molar-refractivity contribution in [2.45, 2.75) is 97.2 Å². The first kappa shape index (κ1) is 24.6. The summed E-state index contributed by atoms with van der Waals surface area (Å²) >= 11 is 0. The van der Waals surface area contributed by atoms with Crippen molar-refractivity contribution in [3.8, 4) is 0 Å². The molecule has 0 amide bonds. The third-order valence-corrected chi connectivity index (χ3v) is 10.2. The molecular formula is C27H40O6. The number of ketones is 2. The van der Waals surface area contributed by atoms with Gasteiger partial charge in [-0.15, -0.1) is 0 Å². The van der Waals surface area contributed by atoms with Crippen molar-refractivity contribution in [3.05, 3.63) is 11.6 Å². The average Bonchev–Trinajstić information content (AvgIpc) is 3.04. The molecule has 0 aliphatic heterocycles. The first-order valence-corrected chi connectivity index (χ1v) is 12.9. The van der Waals surface area contributed by atoms with Gasteiger partial charge in [0.15, 0.2) is 12.4 Å². The Kier molecular flexibility index (Phi) is 6.41. The fourth-order valence-corrected chi connectivity index (χ4v) is 8.15. The molecule has 33 heavy (non-hydrogen) atoms. The van der Waals surface area contributed by atoms with E-state index in [9.17, 15) is 24.6 Å². The van der Waals surface area contributed by atoms with Crippen LogP contribution >= 0.6 is 0 Å². The summed E-state index contributed by atoms with van der Waals surface area (Å²) in [5, 5.41) is 23.1. The van der Waals surface area contributed by atoms with E-state index in [2.05, 4.69) is 6.92 Å². The quantitative estimate of drug-likeness (QED) is 0.585. The monoisotopic (exact) mass is 460 g/mol. The molecule has 0 unspecified atom stereocenters. The summed E-state index contributed by atoms with van der Waals surface area (Å²) in [5.41, 5.74) is -1.39. The molecule has 4 aliphatic carbocycles. The average molecular weight is 461 g/mol. The van der Waals surface area contributed by atoms with Gasteiger partial charge >= 0.3 is 5.97 Å². The lowest BCUT2D eigenvalue weighted by Gasteiger charge is -2.60. The fraction of sp³-hybridized carbons (Fsp3) is 0.815. The SMILES string of the molecule is CCC(CC)C(=O)OCC(=O)[C@]1(O)CC[C@H]2[C@@H]3CCC4=CC(=O)CC[C@]4(C)[C@H]3[C@H](O)C[C@@]21C. The zero-order chi connectivity index (χ0) is 24.2. The standard InChI is InChI=1S/C27H40O6/c1-5-16(6-2)24(31)33-15-22(30)27(32)12-10-20-19-8-7-17-13-18(28)9-11-25(17,3)23(19)21(29)14-26(20,27)4/h13,16,19-21,23,29,32H,5-12,14-15H2,1-4H3/t19-,20-,21+,23+,25-,26-,27+/m0/s1. The molecule has 3 saturated carbocycles. The number of Topliss-reactive ketones (excluding diaryl/α,β-unsaturated/α-hetero) is 1. The Balaban J connectivity index is 1.56. The minimum Gasteiger partial charge on any atom is -0.457 e. The molecule has 0 aromatic carbocycles. The van der Waals surface area contributed by atoms with Gasteiger partial charge in [0.05, 0.1) is 12.0 Å². The number of rotatable bonds is 6. The molecule has 0 aromatic heterocycles. The number of aliphatic hydroxyl groups excluding tert-OH is 1. The van der Waals surface area contributed by atoms with E-state index >= 15 is 0 Å². The molecule has 0 radical (unpaired) electrons. The first-order chi connectivity index (χ1) is 15.5. The zero-order valence-electron chi connectivity index (χ0n) is 20.6. The highest BCUT2D eigenvalue weighted by Gasteiger charge is 2.68. The summed E-state index contributed by atoms with van der Waals surface area (Å²) in [6.07, 6.45) is 6.85. The minimum absolute atomic E-state index is 0.0359. The number of carbonyl (C=O) groups is 3. The lowest BCUT2D eigenvalue weighted by molar-refractivity contribution is -0.185. The Bertz CT molecular complexity index is 859. The number of hydrogen-bond acceptors (Lipinski definition) is 6. The minimum atomic E-state index is -1.60. The van der Waals surface area contributed by atoms with Gasteiger partial charge in [-0.05, 0) is 80.6 Å². The Hall–Kier alpha value is -1.53.